The van der Waals surface area contributed by atoms with Crippen molar-refractivity contribution in [2.75, 3.05) is 5.33 Å². The summed E-state index contributed by atoms with van der Waals surface area (Å²) in [6, 6.07) is 4.37. The zero-order valence-electron chi connectivity index (χ0n) is 8.35. The summed E-state index contributed by atoms with van der Waals surface area (Å²) in [5.74, 6) is 0. The van der Waals surface area contributed by atoms with Crippen LogP contribution in [0.15, 0.2) is 17.5 Å². The molecule has 0 aliphatic carbocycles. The molecule has 0 N–H and O–H groups in total. The van der Waals surface area contributed by atoms with Crippen molar-refractivity contribution in [3.05, 3.63) is 22.4 Å². The maximum atomic E-state index is 3.60. The van der Waals surface area contributed by atoms with Crippen molar-refractivity contribution in [3.8, 4) is 0 Å². The van der Waals surface area contributed by atoms with Crippen LogP contribution in [0.2, 0.25) is 0 Å². The Morgan fingerprint density at radius 3 is 2.77 bits per heavy atom. The molecule has 0 saturated carbocycles. The van der Waals surface area contributed by atoms with E-state index in [1.54, 1.807) is 0 Å². The molecule has 2 heteroatoms. The van der Waals surface area contributed by atoms with Gasteiger partial charge in [0.25, 0.3) is 0 Å². The number of halogens is 1. The summed E-state index contributed by atoms with van der Waals surface area (Å²) >= 11 is 5.47. The molecule has 0 amide bonds. The molecule has 0 spiro atoms. The van der Waals surface area contributed by atoms with Gasteiger partial charge in [-0.2, -0.15) is 0 Å². The third-order valence-corrected chi connectivity index (χ3v) is 5.02. The van der Waals surface area contributed by atoms with Gasteiger partial charge in [0, 0.05) is 10.2 Å². The lowest BCUT2D eigenvalue weighted by atomic mass is 9.85. The van der Waals surface area contributed by atoms with Gasteiger partial charge in [0.15, 0.2) is 0 Å². The molecule has 1 heterocycles. The predicted molar refractivity (Wildman–Crippen MR) is 64.8 cm³/mol. The van der Waals surface area contributed by atoms with E-state index >= 15 is 0 Å². The maximum Gasteiger partial charge on any atom is 0.00853 e. The molecule has 1 aromatic rings. The Kier molecular flexibility index (Phi) is 4.47. The first-order chi connectivity index (χ1) is 6.20. The van der Waals surface area contributed by atoms with Gasteiger partial charge in [-0.3, -0.25) is 0 Å². The van der Waals surface area contributed by atoms with Crippen molar-refractivity contribution in [3.63, 3.8) is 0 Å². The van der Waals surface area contributed by atoms with E-state index in [9.17, 15) is 0 Å². The highest BCUT2D eigenvalue weighted by molar-refractivity contribution is 9.09. The van der Waals surface area contributed by atoms with E-state index in [1.165, 1.54) is 24.1 Å². The SMILES string of the molecule is CCC(C)(CBr)CCc1cccs1. The lowest BCUT2D eigenvalue weighted by Gasteiger charge is -2.25. The molecule has 0 saturated heterocycles. The third kappa shape index (κ3) is 3.43. The zero-order valence-corrected chi connectivity index (χ0v) is 10.7. The molecule has 0 bridgehead atoms. The first kappa shape index (κ1) is 11.3. The van der Waals surface area contributed by atoms with Crippen LogP contribution in [-0.2, 0) is 6.42 Å². The zero-order chi connectivity index (χ0) is 9.73. The van der Waals surface area contributed by atoms with Crippen LogP contribution in [0.4, 0.5) is 0 Å². The molecule has 0 fully saturated rings. The number of hydrogen-bond acceptors (Lipinski definition) is 1. The minimum absolute atomic E-state index is 0.476. The van der Waals surface area contributed by atoms with Crippen molar-refractivity contribution in [1.82, 2.24) is 0 Å². The van der Waals surface area contributed by atoms with Crippen LogP contribution < -0.4 is 0 Å². The summed E-state index contributed by atoms with van der Waals surface area (Å²) in [7, 11) is 0. The van der Waals surface area contributed by atoms with Gasteiger partial charge in [0.05, 0.1) is 0 Å². The fourth-order valence-electron chi connectivity index (χ4n) is 1.22. The average Bonchev–Trinajstić information content (AvgIpc) is 2.67. The van der Waals surface area contributed by atoms with Gasteiger partial charge in [-0.05, 0) is 36.1 Å². The van der Waals surface area contributed by atoms with Crippen LogP contribution in [0, 0.1) is 5.41 Å². The van der Waals surface area contributed by atoms with Crippen LogP contribution in [0.25, 0.3) is 0 Å². The van der Waals surface area contributed by atoms with Crippen LogP contribution in [0.5, 0.6) is 0 Å². The highest BCUT2D eigenvalue weighted by Gasteiger charge is 2.19. The van der Waals surface area contributed by atoms with Gasteiger partial charge in [0.2, 0.25) is 0 Å². The second kappa shape index (κ2) is 5.16. The summed E-state index contributed by atoms with van der Waals surface area (Å²) in [4.78, 5) is 1.51. The van der Waals surface area contributed by atoms with E-state index in [0.717, 1.165) is 5.33 Å². The standard InChI is InChI=1S/C11H17BrS/c1-3-11(2,9-12)7-6-10-5-4-8-13-10/h4-5,8H,3,6-7,9H2,1-2H3. The Morgan fingerprint density at radius 2 is 2.31 bits per heavy atom. The molecule has 1 unspecified atom stereocenters. The molecule has 0 aliphatic heterocycles. The predicted octanol–water partition coefficient (Wildman–Crippen LogP) is 4.49. The molecule has 0 aromatic carbocycles. The normalized spacial score (nSPS) is 15.6. The van der Waals surface area contributed by atoms with Gasteiger partial charge in [-0.25, -0.2) is 0 Å². The molecular formula is C11H17BrS. The number of alkyl halides is 1. The van der Waals surface area contributed by atoms with Crippen molar-refractivity contribution < 1.29 is 0 Å². The van der Waals surface area contributed by atoms with Crippen molar-refractivity contribution in [2.45, 2.75) is 33.1 Å². The lowest BCUT2D eigenvalue weighted by molar-refractivity contribution is 0.335. The van der Waals surface area contributed by atoms with Gasteiger partial charge < -0.3 is 0 Å². The minimum atomic E-state index is 0.476. The Bertz CT molecular complexity index is 224. The average molecular weight is 261 g/mol. The smallest absolute Gasteiger partial charge is 0.00853 e. The Hall–Kier alpha value is 0.180. The second-order valence-corrected chi connectivity index (χ2v) is 5.47. The van der Waals surface area contributed by atoms with Gasteiger partial charge >= 0.3 is 0 Å². The van der Waals surface area contributed by atoms with Gasteiger partial charge in [0.1, 0.15) is 0 Å². The first-order valence-electron chi connectivity index (χ1n) is 4.78. The first-order valence-corrected chi connectivity index (χ1v) is 6.78. The second-order valence-electron chi connectivity index (χ2n) is 3.88. The highest BCUT2D eigenvalue weighted by atomic mass is 79.9. The van der Waals surface area contributed by atoms with E-state index in [4.69, 9.17) is 0 Å². The van der Waals surface area contributed by atoms with Crippen molar-refractivity contribution in [2.24, 2.45) is 5.41 Å². The highest BCUT2D eigenvalue weighted by Crippen LogP contribution is 2.30. The number of thiophene rings is 1. The largest absolute Gasteiger partial charge is 0.149 e. The van der Waals surface area contributed by atoms with Crippen LogP contribution in [0.3, 0.4) is 0 Å². The molecule has 1 rings (SSSR count). The molecule has 13 heavy (non-hydrogen) atoms. The molecule has 74 valence electrons. The van der Waals surface area contributed by atoms with E-state index in [0.29, 0.717) is 5.41 Å². The summed E-state index contributed by atoms with van der Waals surface area (Å²) < 4.78 is 0. The van der Waals surface area contributed by atoms with Gasteiger partial charge in [-0.15, -0.1) is 11.3 Å². The number of rotatable bonds is 5. The van der Waals surface area contributed by atoms with E-state index in [-0.39, 0.29) is 0 Å². The Labute approximate surface area is 93.5 Å². The fourth-order valence-corrected chi connectivity index (χ4v) is 2.60. The monoisotopic (exact) mass is 260 g/mol. The molecular weight excluding hydrogens is 244 g/mol. The third-order valence-electron chi connectivity index (χ3n) is 2.73. The number of hydrogen-bond donors (Lipinski definition) is 0. The molecule has 1 atom stereocenters. The quantitative estimate of drug-likeness (QED) is 0.685. The van der Waals surface area contributed by atoms with E-state index in [1.807, 2.05) is 11.3 Å². The Morgan fingerprint density at radius 1 is 1.54 bits per heavy atom. The summed E-state index contributed by atoms with van der Waals surface area (Å²) in [5.41, 5.74) is 0.476. The molecule has 1 aromatic heterocycles. The maximum absolute atomic E-state index is 3.60. The minimum Gasteiger partial charge on any atom is -0.149 e. The lowest BCUT2D eigenvalue weighted by Crippen LogP contribution is -2.17. The van der Waals surface area contributed by atoms with Crippen molar-refractivity contribution >= 4 is 27.3 Å². The molecule has 0 aliphatic rings. The van der Waals surface area contributed by atoms with Crippen LogP contribution in [0.1, 0.15) is 31.6 Å². The molecule has 0 nitrogen and oxygen atoms in total. The van der Waals surface area contributed by atoms with E-state index < -0.39 is 0 Å². The number of aryl methyl sites for hydroxylation is 1. The molecule has 0 radical (unpaired) electrons. The van der Waals surface area contributed by atoms with Crippen molar-refractivity contribution in [1.29, 1.82) is 0 Å². The fraction of sp³-hybridized carbons (Fsp3) is 0.636. The van der Waals surface area contributed by atoms with Crippen LogP contribution in [-0.4, -0.2) is 5.33 Å². The summed E-state index contributed by atoms with van der Waals surface area (Å²) in [5, 5.41) is 3.27. The summed E-state index contributed by atoms with van der Waals surface area (Å²) in [6.45, 7) is 4.63. The topological polar surface area (TPSA) is 0 Å². The van der Waals surface area contributed by atoms with E-state index in [2.05, 4.69) is 47.3 Å². The van der Waals surface area contributed by atoms with Gasteiger partial charge in [-0.1, -0.05) is 35.8 Å². The van der Waals surface area contributed by atoms with Crippen LogP contribution >= 0.6 is 27.3 Å². The summed E-state index contributed by atoms with van der Waals surface area (Å²) in [6.07, 6.45) is 3.77. The Balaban J connectivity index is 2.41.